The van der Waals surface area contributed by atoms with Crippen LogP contribution in [0.15, 0.2) is 0 Å². The van der Waals surface area contributed by atoms with Crippen molar-refractivity contribution in [1.29, 1.82) is 0 Å². The summed E-state index contributed by atoms with van der Waals surface area (Å²) in [5.74, 6) is -0.414. The van der Waals surface area contributed by atoms with Crippen LogP contribution in [-0.2, 0) is 4.79 Å². The molecule has 0 aliphatic heterocycles. The van der Waals surface area contributed by atoms with E-state index in [9.17, 15) is 9.18 Å². The molecular weight excluding hydrogens is 97.0 g/mol. The summed E-state index contributed by atoms with van der Waals surface area (Å²) in [4.78, 5) is 9.96. The fraction of sp³-hybridized carbons (Fsp3) is 0.750. The maximum Gasteiger partial charge on any atom is 0.165 e. The summed E-state index contributed by atoms with van der Waals surface area (Å²) in [5, 5.41) is 0. The summed E-state index contributed by atoms with van der Waals surface area (Å²) in [6.45, 7) is -0.625. The first kappa shape index (κ1) is 6.56. The Morgan fingerprint density at radius 3 is 2.43 bits per heavy atom. The van der Waals surface area contributed by atoms with Crippen LogP contribution < -0.4 is 5.73 Å². The Balaban J connectivity index is 3.00. The number of alkyl halides is 1. The van der Waals surface area contributed by atoms with E-state index in [1.807, 2.05) is 0 Å². The van der Waals surface area contributed by atoms with E-state index in [1.165, 1.54) is 0 Å². The third-order valence-corrected chi connectivity index (χ3v) is 0.572. The molecule has 0 saturated carbocycles. The first-order chi connectivity index (χ1) is 3.31. The average Bonchev–Trinajstić information content (AvgIpc) is 1.68. The Hall–Kier alpha value is -0.440. The highest BCUT2D eigenvalue weighted by atomic mass is 19.1. The zero-order chi connectivity index (χ0) is 5.70. The lowest BCUT2D eigenvalue weighted by molar-refractivity contribution is -0.119. The highest BCUT2D eigenvalue weighted by molar-refractivity contribution is 5.79. The van der Waals surface area contributed by atoms with Crippen molar-refractivity contribution in [2.75, 3.05) is 13.2 Å². The summed E-state index contributed by atoms with van der Waals surface area (Å²) in [6, 6.07) is 0. The second kappa shape index (κ2) is 3.74. The molecule has 0 amide bonds. The molecular formula is C4H8FNO. The van der Waals surface area contributed by atoms with Gasteiger partial charge in [0, 0.05) is 6.42 Å². The fourth-order valence-electron chi connectivity index (χ4n) is 0.228. The van der Waals surface area contributed by atoms with Crippen LogP contribution in [0.4, 0.5) is 4.39 Å². The van der Waals surface area contributed by atoms with Crippen molar-refractivity contribution in [3.63, 3.8) is 0 Å². The molecule has 0 aromatic carbocycles. The van der Waals surface area contributed by atoms with Gasteiger partial charge in [-0.1, -0.05) is 0 Å². The summed E-state index contributed by atoms with van der Waals surface area (Å²) in [5.41, 5.74) is 4.92. The van der Waals surface area contributed by atoms with Crippen LogP contribution >= 0.6 is 0 Å². The van der Waals surface area contributed by atoms with Gasteiger partial charge in [-0.3, -0.25) is 4.79 Å². The maximum absolute atomic E-state index is 11.2. The minimum absolute atomic E-state index is 0.163. The largest absolute Gasteiger partial charge is 0.330 e. The summed E-state index contributed by atoms with van der Waals surface area (Å²) in [7, 11) is 0. The van der Waals surface area contributed by atoms with Gasteiger partial charge in [0.2, 0.25) is 0 Å². The zero-order valence-electron chi connectivity index (χ0n) is 3.98. The van der Waals surface area contributed by atoms with Gasteiger partial charge in [0.25, 0.3) is 0 Å². The second-order valence-electron chi connectivity index (χ2n) is 1.21. The van der Waals surface area contributed by atoms with Gasteiger partial charge in [-0.25, -0.2) is 4.39 Å². The smallest absolute Gasteiger partial charge is 0.165 e. The Kier molecular flexibility index (Phi) is 3.50. The number of nitrogens with two attached hydrogens (primary N) is 1. The number of hydrogen-bond acceptors (Lipinski definition) is 2. The summed E-state index contributed by atoms with van der Waals surface area (Å²) < 4.78 is 11.2. The van der Waals surface area contributed by atoms with Crippen molar-refractivity contribution in [2.45, 2.75) is 6.42 Å². The van der Waals surface area contributed by atoms with Gasteiger partial charge in [-0.05, 0) is 6.54 Å². The van der Waals surface area contributed by atoms with Gasteiger partial charge in [0.05, 0.1) is 0 Å². The molecule has 0 aliphatic carbocycles. The Bertz CT molecular complexity index is 64.7. The molecule has 0 aromatic heterocycles. The molecule has 0 aromatic rings. The van der Waals surface area contributed by atoms with E-state index in [2.05, 4.69) is 0 Å². The first-order valence-corrected chi connectivity index (χ1v) is 2.09. The third-order valence-electron chi connectivity index (χ3n) is 0.572. The molecule has 0 atom stereocenters. The van der Waals surface area contributed by atoms with Crippen molar-refractivity contribution in [1.82, 2.24) is 0 Å². The highest BCUT2D eigenvalue weighted by Gasteiger charge is 1.94. The molecule has 0 aliphatic rings. The molecule has 0 fully saturated rings. The van der Waals surface area contributed by atoms with Crippen LogP contribution in [-0.4, -0.2) is 19.0 Å². The van der Waals surface area contributed by atoms with Crippen LogP contribution in [0, 0.1) is 0 Å². The van der Waals surface area contributed by atoms with E-state index < -0.39 is 12.5 Å². The van der Waals surface area contributed by atoms with E-state index in [0.29, 0.717) is 0 Å². The number of Topliss-reactive ketones (excluding diaryl/α,β-unsaturated/α-hetero) is 1. The van der Waals surface area contributed by atoms with Crippen LogP contribution in [0.3, 0.4) is 0 Å². The van der Waals surface area contributed by atoms with E-state index in [1.54, 1.807) is 0 Å². The predicted molar refractivity (Wildman–Crippen MR) is 24.7 cm³/mol. The molecule has 2 N–H and O–H groups in total. The van der Waals surface area contributed by atoms with Crippen LogP contribution in [0.25, 0.3) is 0 Å². The molecule has 3 heteroatoms. The van der Waals surface area contributed by atoms with Gasteiger partial charge in [0.1, 0.15) is 6.67 Å². The molecule has 7 heavy (non-hydrogen) atoms. The van der Waals surface area contributed by atoms with Gasteiger partial charge in [0.15, 0.2) is 5.78 Å². The van der Waals surface area contributed by atoms with Crippen LogP contribution in [0.1, 0.15) is 6.42 Å². The molecule has 0 spiro atoms. The Morgan fingerprint density at radius 1 is 1.71 bits per heavy atom. The molecule has 0 saturated heterocycles. The van der Waals surface area contributed by atoms with E-state index in [0.717, 1.165) is 0 Å². The average molecular weight is 105 g/mol. The molecule has 0 radical (unpaired) electrons. The summed E-state index contributed by atoms with van der Waals surface area (Å²) >= 11 is 0. The van der Waals surface area contributed by atoms with Gasteiger partial charge >= 0.3 is 0 Å². The lowest BCUT2D eigenvalue weighted by Crippen LogP contribution is -2.08. The summed E-state index contributed by atoms with van der Waals surface area (Å²) in [6.07, 6.45) is 0.163. The molecule has 2 nitrogen and oxygen atoms in total. The number of rotatable bonds is 3. The minimum atomic E-state index is -0.878. The zero-order valence-corrected chi connectivity index (χ0v) is 3.98. The maximum atomic E-state index is 11.2. The minimum Gasteiger partial charge on any atom is -0.330 e. The number of carbonyl (C=O) groups is 1. The fourth-order valence-corrected chi connectivity index (χ4v) is 0.228. The van der Waals surface area contributed by atoms with Crippen molar-refractivity contribution >= 4 is 5.78 Å². The number of halogens is 1. The lowest BCUT2D eigenvalue weighted by atomic mass is 10.3. The van der Waals surface area contributed by atoms with Crippen molar-refractivity contribution in [3.8, 4) is 0 Å². The molecule has 0 bridgehead atoms. The molecule has 42 valence electrons. The van der Waals surface area contributed by atoms with Crippen LogP contribution in [0.2, 0.25) is 0 Å². The highest BCUT2D eigenvalue weighted by Crippen LogP contribution is 1.78. The Labute approximate surface area is 41.5 Å². The number of hydrogen-bond donors (Lipinski definition) is 1. The first-order valence-electron chi connectivity index (χ1n) is 2.09. The van der Waals surface area contributed by atoms with Crippen molar-refractivity contribution in [3.05, 3.63) is 0 Å². The van der Waals surface area contributed by atoms with Crippen molar-refractivity contribution < 1.29 is 9.18 Å². The molecule has 0 heterocycles. The van der Waals surface area contributed by atoms with Gasteiger partial charge in [-0.2, -0.15) is 0 Å². The predicted octanol–water partition coefficient (Wildman–Crippen LogP) is -0.126. The number of ketones is 1. The monoisotopic (exact) mass is 105 g/mol. The van der Waals surface area contributed by atoms with E-state index in [-0.39, 0.29) is 13.0 Å². The lowest BCUT2D eigenvalue weighted by Gasteiger charge is -1.85. The van der Waals surface area contributed by atoms with E-state index in [4.69, 9.17) is 5.73 Å². The molecule has 0 unspecified atom stereocenters. The van der Waals surface area contributed by atoms with Crippen LogP contribution in [0.5, 0.6) is 0 Å². The van der Waals surface area contributed by atoms with Gasteiger partial charge < -0.3 is 5.73 Å². The van der Waals surface area contributed by atoms with Crippen molar-refractivity contribution in [2.24, 2.45) is 5.73 Å². The molecule has 0 rings (SSSR count). The third kappa shape index (κ3) is 3.39. The van der Waals surface area contributed by atoms with Gasteiger partial charge in [-0.15, -0.1) is 0 Å². The topological polar surface area (TPSA) is 43.1 Å². The standard InChI is InChI=1S/C4H8FNO/c5-3-4(7)1-2-6/h1-3,6H2. The quantitative estimate of drug-likeness (QED) is 0.543. The SMILES string of the molecule is NCCC(=O)CF. The normalized spacial score (nSPS) is 8.86. The number of carbonyl (C=O) groups excluding carboxylic acids is 1. The second-order valence-corrected chi connectivity index (χ2v) is 1.21. The van der Waals surface area contributed by atoms with E-state index >= 15 is 0 Å². The Morgan fingerprint density at radius 2 is 2.29 bits per heavy atom.